The van der Waals surface area contributed by atoms with E-state index in [4.69, 9.17) is 9.47 Å². The summed E-state index contributed by atoms with van der Waals surface area (Å²) >= 11 is 0. The lowest BCUT2D eigenvalue weighted by atomic mass is 10.2. The zero-order chi connectivity index (χ0) is 19.1. The van der Waals surface area contributed by atoms with Crippen LogP contribution in [-0.4, -0.2) is 29.2 Å². The number of carbonyl (C=O) groups excluding carboxylic acids is 3. The van der Waals surface area contributed by atoms with Crippen LogP contribution in [0.3, 0.4) is 0 Å². The number of carbonyl (C=O) groups is 3. The molecule has 27 heavy (non-hydrogen) atoms. The highest BCUT2D eigenvalue weighted by Gasteiger charge is 2.38. The van der Waals surface area contributed by atoms with Gasteiger partial charge in [-0.2, -0.15) is 0 Å². The molecule has 0 aromatic heterocycles. The Hall–Kier alpha value is -3.35. The predicted molar refractivity (Wildman–Crippen MR) is 96.3 cm³/mol. The van der Waals surface area contributed by atoms with E-state index in [9.17, 15) is 14.4 Å². The second-order valence-electron chi connectivity index (χ2n) is 6.06. The van der Waals surface area contributed by atoms with E-state index in [1.165, 1.54) is 0 Å². The van der Waals surface area contributed by atoms with E-state index in [0.29, 0.717) is 6.42 Å². The number of hydrogen-bond donors (Lipinski definition) is 1. The third-order valence-corrected chi connectivity index (χ3v) is 4.11. The first-order valence-electron chi connectivity index (χ1n) is 8.63. The Labute approximate surface area is 156 Å². The van der Waals surface area contributed by atoms with Gasteiger partial charge >= 0.3 is 12.2 Å². The van der Waals surface area contributed by atoms with E-state index in [0.717, 1.165) is 16.0 Å². The summed E-state index contributed by atoms with van der Waals surface area (Å²) in [5, 5.41) is 2.55. The van der Waals surface area contributed by atoms with E-state index in [-0.39, 0.29) is 25.5 Å². The Morgan fingerprint density at radius 1 is 0.926 bits per heavy atom. The Kier molecular flexibility index (Phi) is 6.04. The van der Waals surface area contributed by atoms with Crippen LogP contribution in [0.2, 0.25) is 0 Å². The average molecular weight is 368 g/mol. The first-order chi connectivity index (χ1) is 13.1. The van der Waals surface area contributed by atoms with Gasteiger partial charge in [0.05, 0.1) is 0 Å². The molecule has 3 amide bonds. The van der Waals surface area contributed by atoms with Gasteiger partial charge < -0.3 is 14.8 Å². The fraction of sp³-hybridized carbons (Fsp3) is 0.250. The van der Waals surface area contributed by atoms with Gasteiger partial charge in [-0.1, -0.05) is 60.7 Å². The first-order valence-corrected chi connectivity index (χ1v) is 8.63. The molecule has 7 heteroatoms. The van der Waals surface area contributed by atoms with Gasteiger partial charge in [-0.15, -0.1) is 0 Å². The summed E-state index contributed by atoms with van der Waals surface area (Å²) in [5.74, 6) is -0.388. The van der Waals surface area contributed by atoms with Crippen molar-refractivity contribution in [1.29, 1.82) is 0 Å². The smallest absolute Gasteiger partial charge is 0.418 e. The molecule has 0 bridgehead atoms. The lowest BCUT2D eigenvalue weighted by molar-refractivity contribution is -0.127. The quantitative estimate of drug-likeness (QED) is 0.876. The van der Waals surface area contributed by atoms with Gasteiger partial charge in [0.15, 0.2) is 0 Å². The molecular formula is C20H20N2O5. The maximum Gasteiger partial charge on any atom is 0.418 e. The summed E-state index contributed by atoms with van der Waals surface area (Å²) in [6, 6.07) is 18.4. The van der Waals surface area contributed by atoms with E-state index in [2.05, 4.69) is 5.32 Å². The molecule has 7 nitrogen and oxygen atoms in total. The Balaban J connectivity index is 1.52. The van der Waals surface area contributed by atoms with Crippen molar-refractivity contribution in [3.8, 4) is 0 Å². The lowest BCUT2D eigenvalue weighted by Crippen LogP contribution is -2.48. The first kappa shape index (κ1) is 18.4. The van der Waals surface area contributed by atoms with Crippen LogP contribution < -0.4 is 5.32 Å². The molecule has 1 N–H and O–H groups in total. The number of nitrogens with zero attached hydrogens (tertiary/aromatic N) is 1. The number of ether oxygens (including phenoxy) is 2. The number of likely N-dealkylation sites (tertiary alicyclic amines) is 1. The topological polar surface area (TPSA) is 84.9 Å². The molecule has 0 aliphatic carbocycles. The van der Waals surface area contributed by atoms with Crippen LogP contribution >= 0.6 is 0 Å². The zero-order valence-electron chi connectivity index (χ0n) is 14.7. The van der Waals surface area contributed by atoms with Crippen LogP contribution in [0.25, 0.3) is 0 Å². The molecule has 1 saturated heterocycles. The summed E-state index contributed by atoms with van der Waals surface area (Å²) in [7, 11) is 0. The van der Waals surface area contributed by atoms with Crippen molar-refractivity contribution in [2.45, 2.75) is 32.2 Å². The molecule has 3 rings (SSSR count). The highest BCUT2D eigenvalue weighted by Crippen LogP contribution is 2.19. The average Bonchev–Trinajstić information content (AvgIpc) is 3.06. The van der Waals surface area contributed by atoms with Crippen molar-refractivity contribution in [3.05, 3.63) is 71.8 Å². The van der Waals surface area contributed by atoms with E-state index in [1.54, 1.807) is 0 Å². The van der Waals surface area contributed by atoms with Crippen LogP contribution in [0.4, 0.5) is 9.59 Å². The number of nitrogens with one attached hydrogen (secondary N) is 1. The van der Waals surface area contributed by atoms with Crippen molar-refractivity contribution in [1.82, 2.24) is 10.2 Å². The maximum absolute atomic E-state index is 12.3. The largest absolute Gasteiger partial charge is 0.445 e. The molecule has 2 aromatic rings. The molecule has 1 fully saturated rings. The highest BCUT2D eigenvalue weighted by atomic mass is 16.6. The van der Waals surface area contributed by atoms with Crippen LogP contribution in [0, 0.1) is 0 Å². The molecule has 1 aliphatic rings. The second kappa shape index (κ2) is 8.84. The van der Waals surface area contributed by atoms with E-state index >= 15 is 0 Å². The van der Waals surface area contributed by atoms with E-state index in [1.807, 2.05) is 60.7 Å². The number of benzene rings is 2. The van der Waals surface area contributed by atoms with Crippen LogP contribution in [0.15, 0.2) is 60.7 Å². The lowest BCUT2D eigenvalue weighted by Gasteiger charge is -2.23. The van der Waals surface area contributed by atoms with Crippen LogP contribution in [0.5, 0.6) is 0 Å². The van der Waals surface area contributed by atoms with Crippen molar-refractivity contribution in [2.75, 3.05) is 0 Å². The third-order valence-electron chi connectivity index (χ3n) is 4.11. The molecular weight excluding hydrogens is 348 g/mol. The number of alkyl carbamates (subject to hydrolysis) is 1. The van der Waals surface area contributed by atoms with Crippen LogP contribution in [-0.2, 0) is 27.5 Å². The third kappa shape index (κ3) is 5.07. The summed E-state index contributed by atoms with van der Waals surface area (Å²) < 4.78 is 10.3. The van der Waals surface area contributed by atoms with Gasteiger partial charge in [0.2, 0.25) is 5.91 Å². The molecule has 140 valence electrons. The fourth-order valence-corrected chi connectivity index (χ4v) is 2.74. The number of imide groups is 1. The Morgan fingerprint density at radius 3 is 2.07 bits per heavy atom. The van der Waals surface area contributed by atoms with Crippen LogP contribution in [0.1, 0.15) is 24.0 Å². The SMILES string of the molecule is O=C(NC1CCC(=O)N1C(=O)OCc1ccccc1)OCc1ccccc1. The summed E-state index contributed by atoms with van der Waals surface area (Å²) in [5.41, 5.74) is 1.65. The van der Waals surface area contributed by atoms with Gasteiger partial charge in [-0.25, -0.2) is 14.5 Å². The summed E-state index contributed by atoms with van der Waals surface area (Å²) in [4.78, 5) is 37.3. The van der Waals surface area contributed by atoms with Gasteiger partial charge in [-0.3, -0.25) is 4.79 Å². The minimum atomic E-state index is -0.783. The van der Waals surface area contributed by atoms with Crippen molar-refractivity contribution < 1.29 is 23.9 Å². The monoisotopic (exact) mass is 368 g/mol. The molecule has 1 aliphatic heterocycles. The molecule has 2 aromatic carbocycles. The molecule has 0 saturated carbocycles. The molecule has 0 radical (unpaired) electrons. The summed E-state index contributed by atoms with van der Waals surface area (Å²) in [6.45, 7) is 0.153. The maximum atomic E-state index is 12.3. The van der Waals surface area contributed by atoms with Crippen molar-refractivity contribution in [2.24, 2.45) is 0 Å². The predicted octanol–water partition coefficient (Wildman–Crippen LogP) is 3.20. The fourth-order valence-electron chi connectivity index (χ4n) is 2.74. The molecule has 1 atom stereocenters. The normalized spacial score (nSPS) is 16.1. The summed E-state index contributed by atoms with van der Waals surface area (Å²) in [6.07, 6.45) is -1.78. The number of hydrogen-bond acceptors (Lipinski definition) is 5. The van der Waals surface area contributed by atoms with Gasteiger partial charge in [0, 0.05) is 6.42 Å². The minimum Gasteiger partial charge on any atom is -0.445 e. The van der Waals surface area contributed by atoms with E-state index < -0.39 is 18.4 Å². The Morgan fingerprint density at radius 2 is 1.48 bits per heavy atom. The second-order valence-corrected chi connectivity index (χ2v) is 6.06. The van der Waals surface area contributed by atoms with Crippen molar-refractivity contribution in [3.63, 3.8) is 0 Å². The van der Waals surface area contributed by atoms with Gasteiger partial charge in [-0.05, 0) is 17.5 Å². The number of amides is 3. The van der Waals surface area contributed by atoms with Crippen molar-refractivity contribution >= 4 is 18.1 Å². The molecule has 1 unspecified atom stereocenters. The standard InChI is InChI=1S/C20H20N2O5/c23-18-12-11-17(21-19(24)26-13-15-7-3-1-4-8-15)22(18)20(25)27-14-16-9-5-2-6-10-16/h1-10,17H,11-14H2,(H,21,24). The van der Waals surface area contributed by atoms with Gasteiger partial charge in [0.1, 0.15) is 19.4 Å². The zero-order valence-corrected chi connectivity index (χ0v) is 14.7. The molecule has 1 heterocycles. The Bertz CT molecular complexity index is 795. The number of rotatable bonds is 5. The van der Waals surface area contributed by atoms with Gasteiger partial charge in [0.25, 0.3) is 0 Å². The molecule has 0 spiro atoms. The highest BCUT2D eigenvalue weighted by molar-refractivity contribution is 5.94. The minimum absolute atomic E-state index is 0.0502.